The van der Waals surface area contributed by atoms with Crippen LogP contribution in [0.25, 0.3) is 6.08 Å². The van der Waals surface area contributed by atoms with E-state index < -0.39 is 11.9 Å². The van der Waals surface area contributed by atoms with Gasteiger partial charge >= 0.3 is 5.97 Å². The van der Waals surface area contributed by atoms with Crippen LogP contribution in [0, 0.1) is 3.57 Å². The minimum Gasteiger partial charge on any atom is -0.477 e. The normalized spacial score (nSPS) is 11.1. The van der Waals surface area contributed by atoms with Crippen molar-refractivity contribution in [3.63, 3.8) is 0 Å². The van der Waals surface area contributed by atoms with Crippen LogP contribution in [0.3, 0.4) is 0 Å². The van der Waals surface area contributed by atoms with Gasteiger partial charge in [0.05, 0.1) is 9.83 Å². The highest BCUT2D eigenvalue weighted by atomic mass is 127. The number of carbonyl (C=O) groups is 2. The second-order valence-electron chi connectivity index (χ2n) is 5.40. The number of carbonyl (C=O) groups excluding carboxylic acids is 1. The van der Waals surface area contributed by atoms with Crippen molar-refractivity contribution >= 4 is 40.5 Å². The molecule has 0 aliphatic rings. The standard InChI is InChI=1S/C20H14INO5/c21-15-4-1-2-5-17(15)27-14-9-7-13(8-10-14)12-16(20(24)25)22-19(23)18-6-3-11-26-18/h1-12H,(H,22,23)(H,24,25). The number of nitrogens with one attached hydrogen (secondary N) is 1. The lowest BCUT2D eigenvalue weighted by Gasteiger charge is -2.08. The molecule has 3 rings (SSSR count). The molecule has 0 atom stereocenters. The minimum absolute atomic E-state index is 0.0309. The van der Waals surface area contributed by atoms with Gasteiger partial charge in [0.2, 0.25) is 0 Å². The van der Waals surface area contributed by atoms with E-state index >= 15 is 0 Å². The van der Waals surface area contributed by atoms with Gasteiger partial charge in [-0.3, -0.25) is 4.79 Å². The van der Waals surface area contributed by atoms with Crippen LogP contribution in [0.4, 0.5) is 0 Å². The third kappa shape index (κ3) is 4.98. The molecule has 0 saturated carbocycles. The first-order chi connectivity index (χ1) is 13.0. The van der Waals surface area contributed by atoms with Crippen molar-refractivity contribution < 1.29 is 23.8 Å². The number of furan rings is 1. The topological polar surface area (TPSA) is 88.8 Å². The number of hydrogen-bond acceptors (Lipinski definition) is 4. The first-order valence-corrected chi connectivity index (χ1v) is 8.93. The molecule has 1 aromatic heterocycles. The summed E-state index contributed by atoms with van der Waals surface area (Å²) in [6, 6.07) is 17.5. The van der Waals surface area contributed by atoms with Crippen molar-refractivity contribution in [2.24, 2.45) is 0 Å². The highest BCUT2D eigenvalue weighted by Gasteiger charge is 2.15. The molecule has 0 unspecified atom stereocenters. The van der Waals surface area contributed by atoms with Gasteiger partial charge in [0, 0.05) is 0 Å². The van der Waals surface area contributed by atoms with Crippen LogP contribution >= 0.6 is 22.6 Å². The Labute approximate surface area is 168 Å². The van der Waals surface area contributed by atoms with E-state index in [1.54, 1.807) is 30.3 Å². The number of hydrogen-bond donors (Lipinski definition) is 2. The SMILES string of the molecule is O=C(O)C(=Cc1ccc(Oc2ccccc2I)cc1)NC(=O)c1ccco1. The van der Waals surface area contributed by atoms with Gasteiger partial charge in [-0.15, -0.1) is 0 Å². The predicted octanol–water partition coefficient (Wildman–Crippen LogP) is 4.53. The number of benzene rings is 2. The Bertz CT molecular complexity index is 978. The van der Waals surface area contributed by atoms with Gasteiger partial charge < -0.3 is 19.6 Å². The quantitative estimate of drug-likeness (QED) is 0.404. The van der Waals surface area contributed by atoms with Crippen LogP contribution in [0.5, 0.6) is 11.5 Å². The molecule has 1 amide bonds. The molecule has 27 heavy (non-hydrogen) atoms. The molecule has 0 fully saturated rings. The fourth-order valence-electron chi connectivity index (χ4n) is 2.20. The third-order valence-electron chi connectivity index (χ3n) is 3.48. The Kier molecular flexibility index (Phi) is 5.92. The molecule has 0 bridgehead atoms. The maximum Gasteiger partial charge on any atom is 0.352 e. The molecule has 0 spiro atoms. The summed E-state index contributed by atoms with van der Waals surface area (Å²) in [5.74, 6) is -0.504. The lowest BCUT2D eigenvalue weighted by Crippen LogP contribution is -2.26. The number of halogens is 1. The molecule has 0 saturated heterocycles. The number of para-hydroxylation sites is 1. The molecule has 3 aromatic rings. The summed E-state index contributed by atoms with van der Waals surface area (Å²) >= 11 is 2.18. The predicted molar refractivity (Wildman–Crippen MR) is 107 cm³/mol. The van der Waals surface area contributed by atoms with Crippen molar-refractivity contribution in [1.29, 1.82) is 0 Å². The van der Waals surface area contributed by atoms with Crippen LogP contribution in [-0.4, -0.2) is 17.0 Å². The Hall–Kier alpha value is -3.07. The van der Waals surface area contributed by atoms with Crippen molar-refractivity contribution in [2.45, 2.75) is 0 Å². The van der Waals surface area contributed by atoms with Crippen LogP contribution < -0.4 is 10.1 Å². The van der Waals surface area contributed by atoms with Gasteiger partial charge in [0.1, 0.15) is 17.2 Å². The first-order valence-electron chi connectivity index (χ1n) is 7.85. The number of carboxylic acid groups (broad SMARTS) is 1. The zero-order valence-corrected chi connectivity index (χ0v) is 16.0. The zero-order chi connectivity index (χ0) is 19.2. The monoisotopic (exact) mass is 475 g/mol. The zero-order valence-electron chi connectivity index (χ0n) is 13.9. The molecule has 136 valence electrons. The molecule has 1 heterocycles. The Morgan fingerprint density at radius 1 is 1.04 bits per heavy atom. The summed E-state index contributed by atoms with van der Waals surface area (Å²) < 4.78 is 11.7. The summed E-state index contributed by atoms with van der Waals surface area (Å²) in [6.07, 6.45) is 2.70. The average Bonchev–Trinajstić information content (AvgIpc) is 3.19. The number of amides is 1. The Morgan fingerprint density at radius 3 is 2.41 bits per heavy atom. The van der Waals surface area contributed by atoms with Crippen molar-refractivity contribution in [3.8, 4) is 11.5 Å². The molecule has 2 N–H and O–H groups in total. The fourth-order valence-corrected chi connectivity index (χ4v) is 2.69. The van der Waals surface area contributed by atoms with E-state index in [9.17, 15) is 14.7 Å². The van der Waals surface area contributed by atoms with Crippen LogP contribution in [0.2, 0.25) is 0 Å². The van der Waals surface area contributed by atoms with E-state index in [1.807, 2.05) is 24.3 Å². The van der Waals surface area contributed by atoms with E-state index in [1.165, 1.54) is 18.4 Å². The number of carboxylic acids is 1. The summed E-state index contributed by atoms with van der Waals surface area (Å²) in [5, 5.41) is 11.6. The number of rotatable bonds is 6. The van der Waals surface area contributed by atoms with Crippen molar-refractivity contribution in [1.82, 2.24) is 5.32 Å². The smallest absolute Gasteiger partial charge is 0.352 e. The maximum atomic E-state index is 12.0. The molecular weight excluding hydrogens is 461 g/mol. The van der Waals surface area contributed by atoms with Gasteiger partial charge in [0.15, 0.2) is 5.76 Å². The van der Waals surface area contributed by atoms with E-state index in [4.69, 9.17) is 9.15 Å². The van der Waals surface area contributed by atoms with E-state index in [0.29, 0.717) is 11.3 Å². The largest absolute Gasteiger partial charge is 0.477 e. The molecule has 7 heteroatoms. The summed E-state index contributed by atoms with van der Waals surface area (Å²) in [6.45, 7) is 0. The average molecular weight is 475 g/mol. The molecule has 2 aromatic carbocycles. The van der Waals surface area contributed by atoms with E-state index in [2.05, 4.69) is 27.9 Å². The van der Waals surface area contributed by atoms with Crippen molar-refractivity contribution in [2.75, 3.05) is 0 Å². The highest BCUT2D eigenvalue weighted by Crippen LogP contribution is 2.26. The lowest BCUT2D eigenvalue weighted by atomic mass is 10.2. The molecule has 0 radical (unpaired) electrons. The molecule has 0 aliphatic carbocycles. The maximum absolute atomic E-state index is 12.0. The summed E-state index contributed by atoms with van der Waals surface area (Å²) in [4.78, 5) is 23.4. The van der Waals surface area contributed by atoms with E-state index in [0.717, 1.165) is 9.32 Å². The third-order valence-corrected chi connectivity index (χ3v) is 4.37. The van der Waals surface area contributed by atoms with Gasteiger partial charge in [-0.2, -0.15) is 0 Å². The second kappa shape index (κ2) is 8.54. The second-order valence-corrected chi connectivity index (χ2v) is 6.56. The van der Waals surface area contributed by atoms with Gasteiger partial charge in [0.25, 0.3) is 5.91 Å². The number of ether oxygens (including phenoxy) is 1. The van der Waals surface area contributed by atoms with Gasteiger partial charge in [-0.25, -0.2) is 4.79 Å². The lowest BCUT2D eigenvalue weighted by molar-refractivity contribution is -0.132. The number of aliphatic carboxylic acids is 1. The van der Waals surface area contributed by atoms with E-state index in [-0.39, 0.29) is 11.5 Å². The Morgan fingerprint density at radius 2 is 1.78 bits per heavy atom. The molecule has 6 nitrogen and oxygen atoms in total. The fraction of sp³-hybridized carbons (Fsp3) is 0. The summed E-state index contributed by atoms with van der Waals surface area (Å²) in [5.41, 5.74) is 0.338. The molecular formula is C20H14INO5. The van der Waals surface area contributed by atoms with Crippen LogP contribution in [-0.2, 0) is 4.79 Å². The van der Waals surface area contributed by atoms with Crippen LogP contribution in [0.1, 0.15) is 16.1 Å². The van der Waals surface area contributed by atoms with Crippen LogP contribution in [0.15, 0.2) is 77.0 Å². The Balaban J connectivity index is 1.75. The summed E-state index contributed by atoms with van der Waals surface area (Å²) in [7, 11) is 0. The first kappa shape index (κ1) is 18.7. The van der Waals surface area contributed by atoms with Crippen molar-refractivity contribution in [3.05, 3.63) is 87.5 Å². The molecule has 0 aliphatic heterocycles. The minimum atomic E-state index is -1.26. The van der Waals surface area contributed by atoms with Gasteiger partial charge in [-0.05, 0) is 70.6 Å². The highest BCUT2D eigenvalue weighted by molar-refractivity contribution is 14.1. The van der Waals surface area contributed by atoms with Gasteiger partial charge in [-0.1, -0.05) is 24.3 Å².